The van der Waals surface area contributed by atoms with Crippen LogP contribution in [0.25, 0.3) is 0 Å². The van der Waals surface area contributed by atoms with E-state index in [0.29, 0.717) is 19.8 Å². The molecule has 3 rings (SSSR count). The third-order valence-electron chi connectivity index (χ3n) is 2.79. The summed E-state index contributed by atoms with van der Waals surface area (Å²) < 4.78 is 16.4. The first-order valence-corrected chi connectivity index (χ1v) is 4.83. The van der Waals surface area contributed by atoms with Crippen LogP contribution in [0.2, 0.25) is 0 Å². The molecule has 0 aromatic rings. The van der Waals surface area contributed by atoms with Crippen LogP contribution in [0.5, 0.6) is 0 Å². The molecule has 0 spiro atoms. The lowest BCUT2D eigenvalue weighted by atomic mass is 9.91. The zero-order valence-corrected chi connectivity index (χ0v) is 8.53. The standard InChI is InChI=1S/C9H17NO4/c1-6(11)7(10)9-12-3-8(2,4-13-9)5-14-9/h6-7,11H,3-5,10H2,1-2H3/t6-,7+,8?,9?/m0/s1. The number of ether oxygens (including phenoxy) is 3. The van der Waals surface area contributed by atoms with Gasteiger partial charge in [-0.25, -0.2) is 0 Å². The number of fused-ring (bicyclic) bond motifs is 3. The van der Waals surface area contributed by atoms with E-state index in [1.807, 2.05) is 6.92 Å². The molecule has 5 nitrogen and oxygen atoms in total. The summed E-state index contributed by atoms with van der Waals surface area (Å²) in [5.74, 6) is -1.23. The Labute approximate surface area is 83.1 Å². The molecule has 0 aromatic carbocycles. The van der Waals surface area contributed by atoms with Crippen LogP contribution in [-0.4, -0.2) is 43.0 Å². The van der Waals surface area contributed by atoms with E-state index in [1.54, 1.807) is 6.92 Å². The van der Waals surface area contributed by atoms with Gasteiger partial charge in [-0.1, -0.05) is 6.92 Å². The summed E-state index contributed by atoms with van der Waals surface area (Å²) in [6.07, 6.45) is -0.725. The molecule has 3 aliphatic rings. The molecule has 3 heterocycles. The zero-order chi connectivity index (χ0) is 10.4. The maximum absolute atomic E-state index is 9.39. The van der Waals surface area contributed by atoms with E-state index >= 15 is 0 Å². The van der Waals surface area contributed by atoms with Gasteiger partial charge < -0.3 is 25.1 Å². The Bertz CT molecular complexity index is 206. The van der Waals surface area contributed by atoms with Crippen LogP contribution >= 0.6 is 0 Å². The van der Waals surface area contributed by atoms with E-state index in [0.717, 1.165) is 0 Å². The van der Waals surface area contributed by atoms with Crippen LogP contribution in [0.15, 0.2) is 0 Å². The molecule has 0 aliphatic carbocycles. The minimum atomic E-state index is -1.23. The molecule has 0 radical (unpaired) electrons. The van der Waals surface area contributed by atoms with E-state index in [4.69, 9.17) is 19.9 Å². The first-order valence-electron chi connectivity index (χ1n) is 4.83. The Balaban J connectivity index is 2.12. The number of hydrogen-bond acceptors (Lipinski definition) is 5. The minimum absolute atomic E-state index is 0.0693. The van der Waals surface area contributed by atoms with Gasteiger partial charge in [-0.3, -0.25) is 0 Å². The fourth-order valence-corrected chi connectivity index (χ4v) is 1.66. The molecule has 5 heteroatoms. The highest BCUT2D eigenvalue weighted by molar-refractivity contribution is 4.91. The lowest BCUT2D eigenvalue weighted by Gasteiger charge is -2.52. The third kappa shape index (κ3) is 1.45. The van der Waals surface area contributed by atoms with E-state index < -0.39 is 18.1 Å². The van der Waals surface area contributed by atoms with Gasteiger partial charge >= 0.3 is 5.97 Å². The molecule has 3 fully saturated rings. The van der Waals surface area contributed by atoms with Crippen molar-refractivity contribution in [2.45, 2.75) is 32.0 Å². The van der Waals surface area contributed by atoms with Crippen molar-refractivity contribution in [2.75, 3.05) is 19.8 Å². The van der Waals surface area contributed by atoms with Crippen molar-refractivity contribution in [3.63, 3.8) is 0 Å². The first kappa shape index (κ1) is 10.3. The first-order chi connectivity index (χ1) is 6.48. The summed E-state index contributed by atoms with van der Waals surface area (Å²) in [4.78, 5) is 0. The SMILES string of the molecule is C[C@H](O)[C@@H](N)C12OCC(C)(CO1)CO2. The smallest absolute Gasteiger partial charge is 0.301 e. The molecule has 0 unspecified atom stereocenters. The Morgan fingerprint density at radius 3 is 2.00 bits per heavy atom. The second kappa shape index (κ2) is 3.15. The number of nitrogens with two attached hydrogens (primary N) is 1. The maximum atomic E-state index is 9.39. The molecule has 2 bridgehead atoms. The second-order valence-electron chi connectivity index (χ2n) is 4.55. The predicted molar refractivity (Wildman–Crippen MR) is 48.4 cm³/mol. The number of aliphatic hydroxyl groups excluding tert-OH is 1. The molecule has 0 aromatic heterocycles. The maximum Gasteiger partial charge on any atom is 0.301 e. The van der Waals surface area contributed by atoms with Crippen LogP contribution in [0, 0.1) is 5.41 Å². The van der Waals surface area contributed by atoms with Gasteiger partial charge in [-0.05, 0) is 6.92 Å². The Kier molecular flexibility index (Phi) is 2.32. The van der Waals surface area contributed by atoms with Crippen molar-refractivity contribution in [3.8, 4) is 0 Å². The van der Waals surface area contributed by atoms with Gasteiger partial charge in [0, 0.05) is 5.41 Å². The van der Waals surface area contributed by atoms with Crippen LogP contribution in [0.1, 0.15) is 13.8 Å². The highest BCUT2D eigenvalue weighted by Crippen LogP contribution is 2.39. The van der Waals surface area contributed by atoms with E-state index in [2.05, 4.69) is 0 Å². The topological polar surface area (TPSA) is 73.9 Å². The Morgan fingerprint density at radius 1 is 1.21 bits per heavy atom. The van der Waals surface area contributed by atoms with Crippen molar-refractivity contribution in [1.29, 1.82) is 0 Å². The number of rotatable bonds is 2. The summed E-state index contributed by atoms with van der Waals surface area (Å²) in [5.41, 5.74) is 5.71. The monoisotopic (exact) mass is 203 g/mol. The van der Waals surface area contributed by atoms with Gasteiger partial charge in [0.05, 0.1) is 25.9 Å². The molecule has 2 atom stereocenters. The zero-order valence-electron chi connectivity index (χ0n) is 8.53. The molecule has 3 saturated heterocycles. The lowest BCUT2D eigenvalue weighted by Crippen LogP contribution is -2.68. The van der Waals surface area contributed by atoms with Crippen molar-refractivity contribution in [3.05, 3.63) is 0 Å². The van der Waals surface area contributed by atoms with Gasteiger partial charge in [0.2, 0.25) is 0 Å². The van der Waals surface area contributed by atoms with E-state index in [9.17, 15) is 5.11 Å². The van der Waals surface area contributed by atoms with Gasteiger partial charge in [0.15, 0.2) is 0 Å². The second-order valence-corrected chi connectivity index (χ2v) is 4.55. The Hall–Kier alpha value is -0.200. The molecule has 3 N–H and O–H groups in total. The van der Waals surface area contributed by atoms with E-state index in [1.165, 1.54) is 0 Å². The van der Waals surface area contributed by atoms with Crippen LogP contribution in [-0.2, 0) is 14.2 Å². The largest absolute Gasteiger partial charge is 0.391 e. The number of aliphatic hydroxyl groups is 1. The van der Waals surface area contributed by atoms with Crippen LogP contribution in [0.4, 0.5) is 0 Å². The van der Waals surface area contributed by atoms with Crippen molar-refractivity contribution < 1.29 is 19.3 Å². The predicted octanol–water partition coefficient (Wildman–Crippen LogP) is -0.568. The quantitative estimate of drug-likeness (QED) is 0.629. The van der Waals surface area contributed by atoms with Gasteiger partial charge in [0.25, 0.3) is 0 Å². The van der Waals surface area contributed by atoms with Gasteiger partial charge in [-0.2, -0.15) is 0 Å². The molecular weight excluding hydrogens is 186 g/mol. The van der Waals surface area contributed by atoms with Crippen molar-refractivity contribution >= 4 is 0 Å². The average molecular weight is 203 g/mol. The van der Waals surface area contributed by atoms with Crippen molar-refractivity contribution in [2.24, 2.45) is 11.1 Å². The fourth-order valence-electron chi connectivity index (χ4n) is 1.66. The summed E-state index contributed by atoms with van der Waals surface area (Å²) in [6, 6.07) is -0.674. The van der Waals surface area contributed by atoms with Crippen LogP contribution < -0.4 is 5.73 Å². The average Bonchev–Trinajstić information content (AvgIpc) is 2.18. The van der Waals surface area contributed by atoms with Gasteiger partial charge in [-0.15, -0.1) is 0 Å². The highest BCUT2D eigenvalue weighted by Gasteiger charge is 2.54. The molecule has 14 heavy (non-hydrogen) atoms. The summed E-state index contributed by atoms with van der Waals surface area (Å²) >= 11 is 0. The normalized spacial score (nSPS) is 46.3. The summed E-state index contributed by atoms with van der Waals surface area (Å²) in [6.45, 7) is 5.32. The minimum Gasteiger partial charge on any atom is -0.391 e. The molecule has 0 amide bonds. The molecule has 3 aliphatic heterocycles. The fraction of sp³-hybridized carbons (Fsp3) is 1.00. The van der Waals surface area contributed by atoms with Crippen molar-refractivity contribution in [1.82, 2.24) is 0 Å². The lowest BCUT2D eigenvalue weighted by molar-refractivity contribution is -0.475. The van der Waals surface area contributed by atoms with Gasteiger partial charge in [0.1, 0.15) is 6.04 Å². The number of hydrogen-bond donors (Lipinski definition) is 2. The molecular formula is C9H17NO4. The summed E-state index contributed by atoms with van der Waals surface area (Å²) in [5, 5.41) is 9.39. The molecule has 0 saturated carbocycles. The van der Waals surface area contributed by atoms with E-state index in [-0.39, 0.29) is 5.41 Å². The Morgan fingerprint density at radius 2 is 1.64 bits per heavy atom. The molecule has 82 valence electrons. The summed E-state index contributed by atoms with van der Waals surface area (Å²) in [7, 11) is 0. The highest BCUT2D eigenvalue weighted by atomic mass is 16.9. The third-order valence-corrected chi connectivity index (χ3v) is 2.79. The van der Waals surface area contributed by atoms with Crippen LogP contribution in [0.3, 0.4) is 0 Å².